The first-order valence-electron chi connectivity index (χ1n) is 7.91. The van der Waals surface area contributed by atoms with Crippen molar-refractivity contribution in [3.63, 3.8) is 0 Å². The van der Waals surface area contributed by atoms with Crippen LogP contribution in [-0.2, 0) is 19.4 Å². The van der Waals surface area contributed by atoms with Gasteiger partial charge in [0.25, 0.3) is 0 Å². The highest BCUT2D eigenvalue weighted by Gasteiger charge is 2.13. The topological polar surface area (TPSA) is 72.5 Å². The SMILES string of the molecule is CCOCCS(=O)(=O)CCCC(=O)Nc1c(C)cc(C)cc1C. The zero-order chi connectivity index (χ0) is 17.5. The van der Waals surface area contributed by atoms with Gasteiger partial charge in [-0.1, -0.05) is 17.7 Å². The molecule has 0 spiro atoms. The molecule has 0 radical (unpaired) electrons. The summed E-state index contributed by atoms with van der Waals surface area (Å²) in [5.41, 5.74) is 4.00. The third-order valence-electron chi connectivity index (χ3n) is 3.54. The van der Waals surface area contributed by atoms with Crippen LogP contribution in [0.2, 0.25) is 0 Å². The highest BCUT2D eigenvalue weighted by atomic mass is 32.2. The van der Waals surface area contributed by atoms with Crippen LogP contribution >= 0.6 is 0 Å². The number of hydrogen-bond acceptors (Lipinski definition) is 4. The van der Waals surface area contributed by atoms with E-state index in [1.165, 1.54) is 0 Å². The third kappa shape index (κ3) is 7.14. The maximum Gasteiger partial charge on any atom is 0.224 e. The number of carbonyl (C=O) groups excluding carboxylic acids is 1. The predicted octanol–water partition coefficient (Wildman–Crippen LogP) is 2.78. The molecule has 1 amide bonds. The maximum atomic E-state index is 12.0. The molecule has 1 aromatic carbocycles. The van der Waals surface area contributed by atoms with Crippen molar-refractivity contribution in [1.82, 2.24) is 0 Å². The zero-order valence-corrected chi connectivity index (χ0v) is 15.3. The van der Waals surface area contributed by atoms with Crippen LogP contribution in [0.4, 0.5) is 5.69 Å². The average molecular weight is 341 g/mol. The van der Waals surface area contributed by atoms with Gasteiger partial charge in [-0.05, 0) is 45.2 Å². The Morgan fingerprint density at radius 1 is 1.13 bits per heavy atom. The van der Waals surface area contributed by atoms with Gasteiger partial charge in [-0.2, -0.15) is 0 Å². The summed E-state index contributed by atoms with van der Waals surface area (Å²) in [7, 11) is -3.15. The van der Waals surface area contributed by atoms with Crippen molar-refractivity contribution in [2.45, 2.75) is 40.5 Å². The van der Waals surface area contributed by atoms with E-state index in [1.54, 1.807) is 0 Å². The Labute approximate surface area is 139 Å². The van der Waals surface area contributed by atoms with Crippen molar-refractivity contribution in [3.8, 4) is 0 Å². The van der Waals surface area contributed by atoms with E-state index >= 15 is 0 Å². The van der Waals surface area contributed by atoms with Gasteiger partial charge in [0.15, 0.2) is 9.84 Å². The summed E-state index contributed by atoms with van der Waals surface area (Å²) in [4.78, 5) is 12.0. The van der Waals surface area contributed by atoms with Crippen molar-refractivity contribution in [1.29, 1.82) is 0 Å². The van der Waals surface area contributed by atoms with Crippen LogP contribution in [0.25, 0.3) is 0 Å². The van der Waals surface area contributed by atoms with E-state index in [4.69, 9.17) is 4.74 Å². The molecule has 1 rings (SSSR count). The fourth-order valence-electron chi connectivity index (χ4n) is 2.46. The molecule has 5 nitrogen and oxygen atoms in total. The molecule has 0 bridgehead atoms. The van der Waals surface area contributed by atoms with E-state index in [1.807, 2.05) is 39.8 Å². The number of aryl methyl sites for hydroxylation is 3. The van der Waals surface area contributed by atoms with E-state index in [-0.39, 0.29) is 30.4 Å². The van der Waals surface area contributed by atoms with Crippen LogP contribution in [-0.4, -0.2) is 39.0 Å². The molecule has 0 heterocycles. The normalized spacial score (nSPS) is 11.5. The van der Waals surface area contributed by atoms with E-state index < -0.39 is 9.84 Å². The summed E-state index contributed by atoms with van der Waals surface area (Å²) in [5, 5.41) is 2.89. The second-order valence-electron chi connectivity index (χ2n) is 5.77. The first-order valence-corrected chi connectivity index (χ1v) is 9.73. The van der Waals surface area contributed by atoms with Gasteiger partial charge in [0.1, 0.15) is 0 Å². The summed E-state index contributed by atoms with van der Waals surface area (Å²) in [5.74, 6) is -0.127. The molecule has 0 aliphatic carbocycles. The molecule has 0 unspecified atom stereocenters. The molecule has 6 heteroatoms. The molecule has 0 aliphatic rings. The Kier molecular flexibility index (Phi) is 7.72. The molecule has 0 atom stereocenters. The Bertz CT molecular complexity index is 615. The number of sulfone groups is 1. The number of carbonyl (C=O) groups is 1. The fourth-order valence-corrected chi connectivity index (χ4v) is 3.62. The van der Waals surface area contributed by atoms with Gasteiger partial charge in [0.2, 0.25) is 5.91 Å². The predicted molar refractivity (Wildman–Crippen MR) is 93.7 cm³/mol. The Morgan fingerprint density at radius 3 is 2.30 bits per heavy atom. The van der Waals surface area contributed by atoms with Crippen molar-refractivity contribution in [2.24, 2.45) is 0 Å². The van der Waals surface area contributed by atoms with E-state index in [0.717, 1.165) is 22.4 Å². The van der Waals surface area contributed by atoms with Crippen LogP contribution in [0.5, 0.6) is 0 Å². The molecule has 130 valence electrons. The number of hydrogen-bond donors (Lipinski definition) is 1. The van der Waals surface area contributed by atoms with Crippen molar-refractivity contribution < 1.29 is 17.9 Å². The minimum absolute atomic E-state index is 0.0125. The fraction of sp³-hybridized carbons (Fsp3) is 0.588. The third-order valence-corrected chi connectivity index (χ3v) is 5.24. The van der Waals surface area contributed by atoms with Crippen LogP contribution < -0.4 is 5.32 Å². The molecule has 1 N–H and O–H groups in total. The Balaban J connectivity index is 2.46. The van der Waals surface area contributed by atoms with Gasteiger partial charge < -0.3 is 10.1 Å². The molecular weight excluding hydrogens is 314 g/mol. The lowest BCUT2D eigenvalue weighted by Gasteiger charge is -2.13. The summed E-state index contributed by atoms with van der Waals surface area (Å²) in [6, 6.07) is 4.03. The summed E-state index contributed by atoms with van der Waals surface area (Å²) in [6.45, 7) is 8.46. The molecule has 0 saturated heterocycles. The summed E-state index contributed by atoms with van der Waals surface area (Å²) in [6.07, 6.45) is 0.519. The zero-order valence-electron chi connectivity index (χ0n) is 14.4. The molecule has 0 aromatic heterocycles. The lowest BCUT2D eigenvalue weighted by molar-refractivity contribution is -0.116. The van der Waals surface area contributed by atoms with Crippen LogP contribution in [0.15, 0.2) is 12.1 Å². The lowest BCUT2D eigenvalue weighted by Crippen LogP contribution is -2.18. The van der Waals surface area contributed by atoms with Gasteiger partial charge in [-0.3, -0.25) is 4.79 Å². The van der Waals surface area contributed by atoms with Crippen LogP contribution in [0.3, 0.4) is 0 Å². The van der Waals surface area contributed by atoms with Crippen LogP contribution in [0, 0.1) is 20.8 Å². The number of amides is 1. The second kappa shape index (κ2) is 9.03. The first kappa shape index (κ1) is 19.6. The van der Waals surface area contributed by atoms with Gasteiger partial charge >= 0.3 is 0 Å². The highest BCUT2D eigenvalue weighted by Crippen LogP contribution is 2.22. The van der Waals surface area contributed by atoms with Gasteiger partial charge in [-0.25, -0.2) is 8.42 Å². The summed E-state index contributed by atoms with van der Waals surface area (Å²) >= 11 is 0. The number of anilines is 1. The number of nitrogens with one attached hydrogen (secondary N) is 1. The van der Waals surface area contributed by atoms with E-state index in [0.29, 0.717) is 13.0 Å². The average Bonchev–Trinajstić information content (AvgIpc) is 2.42. The standard InChI is InChI=1S/C17H27NO4S/c1-5-22-8-10-23(20,21)9-6-7-16(19)18-17-14(3)11-13(2)12-15(17)4/h11-12H,5-10H2,1-4H3,(H,18,19). The van der Waals surface area contributed by atoms with Gasteiger partial charge in [0.05, 0.1) is 18.1 Å². The molecule has 23 heavy (non-hydrogen) atoms. The van der Waals surface area contributed by atoms with E-state index in [9.17, 15) is 13.2 Å². The second-order valence-corrected chi connectivity index (χ2v) is 8.08. The van der Waals surface area contributed by atoms with Crippen LogP contribution in [0.1, 0.15) is 36.5 Å². The molecule has 0 saturated carbocycles. The van der Waals surface area contributed by atoms with Gasteiger partial charge in [0, 0.05) is 18.7 Å². The molecule has 0 fully saturated rings. The Hall–Kier alpha value is -1.40. The maximum absolute atomic E-state index is 12.0. The Morgan fingerprint density at radius 2 is 1.74 bits per heavy atom. The number of rotatable bonds is 9. The smallest absolute Gasteiger partial charge is 0.224 e. The highest BCUT2D eigenvalue weighted by molar-refractivity contribution is 7.91. The van der Waals surface area contributed by atoms with Crippen molar-refractivity contribution in [2.75, 3.05) is 30.0 Å². The van der Waals surface area contributed by atoms with Crippen molar-refractivity contribution >= 4 is 21.4 Å². The number of ether oxygens (including phenoxy) is 1. The van der Waals surface area contributed by atoms with Gasteiger partial charge in [-0.15, -0.1) is 0 Å². The monoisotopic (exact) mass is 341 g/mol. The molecule has 0 aliphatic heterocycles. The first-order chi connectivity index (χ1) is 10.7. The lowest BCUT2D eigenvalue weighted by atomic mass is 10.0. The summed E-state index contributed by atoms with van der Waals surface area (Å²) < 4.78 is 28.6. The molecular formula is C17H27NO4S. The minimum atomic E-state index is -3.15. The largest absolute Gasteiger partial charge is 0.381 e. The minimum Gasteiger partial charge on any atom is -0.381 e. The molecule has 1 aromatic rings. The number of benzene rings is 1. The van der Waals surface area contributed by atoms with Crippen molar-refractivity contribution in [3.05, 3.63) is 28.8 Å². The van der Waals surface area contributed by atoms with E-state index in [2.05, 4.69) is 5.32 Å². The quantitative estimate of drug-likeness (QED) is 0.701.